The lowest BCUT2D eigenvalue weighted by molar-refractivity contribution is 0.0953. The molecule has 0 saturated heterocycles. The molecule has 0 atom stereocenters. The van der Waals surface area contributed by atoms with Crippen molar-refractivity contribution in [3.63, 3.8) is 0 Å². The Morgan fingerprint density at radius 2 is 1.61 bits per heavy atom. The Kier molecular flexibility index (Phi) is 6.41. The molecule has 4 aliphatic heterocycles. The van der Waals surface area contributed by atoms with Gasteiger partial charge in [0.15, 0.2) is 0 Å². The topological polar surface area (TPSA) is 121 Å². The molecule has 0 saturated carbocycles. The van der Waals surface area contributed by atoms with Gasteiger partial charge in [-0.2, -0.15) is 15.0 Å². The van der Waals surface area contributed by atoms with Crippen LogP contribution >= 0.6 is 0 Å². The summed E-state index contributed by atoms with van der Waals surface area (Å²) in [7, 11) is 0. The van der Waals surface area contributed by atoms with Crippen LogP contribution in [0, 0.1) is 0 Å². The number of anilines is 3. The van der Waals surface area contributed by atoms with Crippen LogP contribution in [-0.2, 0) is 6.54 Å². The van der Waals surface area contributed by atoms with Crippen molar-refractivity contribution in [2.75, 3.05) is 23.8 Å². The number of aromatic nitrogens is 3. The number of ether oxygens (including phenoxy) is 1. The Bertz CT molecular complexity index is 1020. The van der Waals surface area contributed by atoms with E-state index in [0.717, 1.165) is 30.6 Å². The predicted molar refractivity (Wildman–Crippen MR) is 117 cm³/mol. The molecule has 4 aliphatic rings. The van der Waals surface area contributed by atoms with Crippen molar-refractivity contribution in [2.24, 2.45) is 0 Å². The Morgan fingerprint density at radius 1 is 0.839 bits per heavy atom. The van der Waals surface area contributed by atoms with Gasteiger partial charge >= 0.3 is 6.01 Å². The Hall–Kier alpha value is -3.88. The summed E-state index contributed by atoms with van der Waals surface area (Å²) in [5.74, 6) is 1.13. The van der Waals surface area contributed by atoms with Crippen molar-refractivity contribution in [3.8, 4) is 11.8 Å². The van der Waals surface area contributed by atoms with E-state index >= 15 is 0 Å². The maximum Gasteiger partial charge on any atom is 0.320 e. The zero-order chi connectivity index (χ0) is 21.5. The monoisotopic (exact) mass is 420 g/mol. The zero-order valence-corrected chi connectivity index (χ0v) is 17.0. The largest absolute Gasteiger partial charge is 0.494 e. The quantitative estimate of drug-likeness (QED) is 0.437. The van der Waals surface area contributed by atoms with Crippen LogP contribution in [0.3, 0.4) is 0 Å². The summed E-state index contributed by atoms with van der Waals surface area (Å²) in [5, 5.41) is 18.9. The first-order chi connectivity index (χ1) is 15.2. The van der Waals surface area contributed by atoms with Crippen LogP contribution in [-0.4, -0.2) is 39.1 Å². The number of amides is 1. The minimum atomic E-state index is -0.394. The van der Waals surface area contributed by atoms with Crippen molar-refractivity contribution in [1.29, 1.82) is 0 Å². The van der Waals surface area contributed by atoms with E-state index in [0.29, 0.717) is 30.9 Å². The molecular weight excluding hydrogens is 396 g/mol. The third-order valence-electron chi connectivity index (χ3n) is 4.78. The van der Waals surface area contributed by atoms with E-state index in [4.69, 9.17) is 4.74 Å². The third-order valence-corrected chi connectivity index (χ3v) is 4.78. The summed E-state index contributed by atoms with van der Waals surface area (Å²) in [4.78, 5) is 24.4. The molecule has 9 nitrogen and oxygen atoms in total. The Morgan fingerprint density at radius 3 is 2.42 bits per heavy atom. The Balaban J connectivity index is 1.53. The number of carbonyl (C=O) groups excluding carboxylic acids is 1. The maximum absolute atomic E-state index is 12.3. The lowest BCUT2D eigenvalue weighted by Crippen LogP contribution is -2.24. The van der Waals surface area contributed by atoms with E-state index in [9.17, 15) is 9.90 Å². The van der Waals surface area contributed by atoms with Crippen LogP contribution < -0.4 is 20.7 Å². The highest BCUT2D eigenvalue weighted by Crippen LogP contribution is 2.18. The highest BCUT2D eigenvalue weighted by molar-refractivity contribution is 5.94. The first-order valence-corrected chi connectivity index (χ1v) is 10.2. The summed E-state index contributed by atoms with van der Waals surface area (Å²) in [6.45, 7) is 1.73. The van der Waals surface area contributed by atoms with Crippen molar-refractivity contribution >= 4 is 23.5 Å². The molecule has 1 aromatic heterocycles. The molecule has 1 amide bonds. The number of hydrogen-bond acceptors (Lipinski definition) is 8. The van der Waals surface area contributed by atoms with Crippen molar-refractivity contribution < 1.29 is 14.6 Å². The van der Waals surface area contributed by atoms with E-state index in [1.54, 1.807) is 24.3 Å². The van der Waals surface area contributed by atoms with E-state index in [2.05, 4.69) is 30.9 Å². The predicted octanol–water partition coefficient (Wildman–Crippen LogP) is 3.23. The summed E-state index contributed by atoms with van der Waals surface area (Å²) < 4.78 is 5.78. The second-order valence-electron chi connectivity index (χ2n) is 7.15. The van der Waals surface area contributed by atoms with E-state index in [1.807, 2.05) is 24.3 Å². The van der Waals surface area contributed by atoms with Gasteiger partial charge in [-0.15, -0.1) is 0 Å². The second kappa shape index (κ2) is 9.75. The van der Waals surface area contributed by atoms with Gasteiger partial charge in [-0.3, -0.25) is 4.79 Å². The summed E-state index contributed by atoms with van der Waals surface area (Å²) >= 11 is 0. The van der Waals surface area contributed by atoms with Crippen molar-refractivity contribution in [1.82, 2.24) is 20.3 Å². The molecule has 5 heterocycles. The molecule has 0 spiro atoms. The van der Waals surface area contributed by atoms with Gasteiger partial charge in [0.2, 0.25) is 11.9 Å². The molecule has 0 fully saturated rings. The van der Waals surface area contributed by atoms with Crippen LogP contribution in [0.4, 0.5) is 17.6 Å². The number of nitrogens with one attached hydrogen (secondary N) is 3. The minimum absolute atomic E-state index is 0.116. The van der Waals surface area contributed by atoms with Gasteiger partial charge in [0.25, 0.3) is 5.91 Å². The molecule has 0 radical (unpaired) electrons. The normalized spacial score (nSPS) is 14.9. The van der Waals surface area contributed by atoms with Gasteiger partial charge in [-0.25, -0.2) is 0 Å². The standard InChI is InChI=1S/C22H24N6O3/c29-19-16-6-8-17(9-7-16)25-21-26-20(27-22(30)28-21)24-14-15-4-10-18(11-5-15)31-13-3-1-2-12-23-19/h4-11H,1-3,12-14H2,(H,23,29)(H3,24,25,26,27,28,30). The summed E-state index contributed by atoms with van der Waals surface area (Å²) in [6.07, 6.45) is 2.79. The van der Waals surface area contributed by atoms with Gasteiger partial charge in [0, 0.05) is 24.3 Å². The fourth-order valence-corrected chi connectivity index (χ4v) is 3.12. The fourth-order valence-electron chi connectivity index (χ4n) is 3.12. The van der Waals surface area contributed by atoms with E-state index in [1.165, 1.54) is 0 Å². The van der Waals surface area contributed by atoms with Gasteiger partial charge < -0.3 is 25.8 Å². The van der Waals surface area contributed by atoms with Crippen LogP contribution in [0.2, 0.25) is 0 Å². The highest BCUT2D eigenvalue weighted by atomic mass is 16.5. The molecule has 3 aromatic rings. The lowest BCUT2D eigenvalue weighted by Gasteiger charge is -2.11. The first-order valence-electron chi connectivity index (χ1n) is 10.2. The molecule has 2 aromatic carbocycles. The van der Waals surface area contributed by atoms with Crippen molar-refractivity contribution in [2.45, 2.75) is 25.8 Å². The molecule has 0 aliphatic carbocycles. The smallest absolute Gasteiger partial charge is 0.320 e. The summed E-state index contributed by atoms with van der Waals surface area (Å²) in [5.41, 5.74) is 2.28. The average Bonchev–Trinajstić information content (AvgIpc) is 2.77. The highest BCUT2D eigenvalue weighted by Gasteiger charge is 2.09. The molecule has 9 heteroatoms. The molecule has 4 N–H and O–H groups in total. The Labute approximate surface area is 179 Å². The fraction of sp³-hybridized carbons (Fsp3) is 0.273. The molecule has 7 rings (SSSR count). The van der Waals surface area contributed by atoms with E-state index in [-0.39, 0.29) is 17.8 Å². The van der Waals surface area contributed by atoms with E-state index < -0.39 is 6.01 Å². The molecule has 31 heavy (non-hydrogen) atoms. The zero-order valence-electron chi connectivity index (χ0n) is 17.0. The minimum Gasteiger partial charge on any atom is -0.494 e. The number of carbonyl (C=O) groups is 1. The maximum atomic E-state index is 12.3. The molecule has 0 unspecified atom stereocenters. The molecule has 6 bridgehead atoms. The number of hydrogen-bond donors (Lipinski definition) is 4. The van der Waals surface area contributed by atoms with Crippen LogP contribution in [0.15, 0.2) is 48.5 Å². The lowest BCUT2D eigenvalue weighted by atomic mass is 10.2. The number of benzene rings is 2. The van der Waals surface area contributed by atoms with Crippen LogP contribution in [0.5, 0.6) is 11.8 Å². The van der Waals surface area contributed by atoms with Gasteiger partial charge in [-0.05, 0) is 61.2 Å². The van der Waals surface area contributed by atoms with Crippen LogP contribution in [0.25, 0.3) is 0 Å². The number of nitrogens with zero attached hydrogens (tertiary/aromatic N) is 3. The number of aromatic hydroxyl groups is 1. The van der Waals surface area contributed by atoms with Crippen molar-refractivity contribution in [3.05, 3.63) is 59.7 Å². The SMILES string of the molecule is O=C1NCCCCCOc2ccc(cc2)CNc2nc(O)nc(n2)Nc2ccc1cc2. The molecular formula is C22H24N6O3. The van der Waals surface area contributed by atoms with Crippen LogP contribution in [0.1, 0.15) is 35.2 Å². The van der Waals surface area contributed by atoms with Gasteiger partial charge in [-0.1, -0.05) is 12.1 Å². The molecule has 160 valence electrons. The number of rotatable bonds is 0. The summed E-state index contributed by atoms with van der Waals surface area (Å²) in [6, 6.07) is 14.3. The average molecular weight is 420 g/mol. The first kappa shape index (κ1) is 20.4. The second-order valence-corrected chi connectivity index (χ2v) is 7.15. The third kappa shape index (κ3) is 5.81. The van der Waals surface area contributed by atoms with Gasteiger partial charge in [0.1, 0.15) is 5.75 Å². The van der Waals surface area contributed by atoms with Gasteiger partial charge in [0.05, 0.1) is 6.61 Å².